The largest absolute Gasteiger partial charge is 0.463 e. The number of halogens is 1. The molecular formula is C13H22ClN5O. The zero-order valence-electron chi connectivity index (χ0n) is 12.3. The van der Waals surface area contributed by atoms with Crippen LogP contribution in [0.3, 0.4) is 0 Å². The van der Waals surface area contributed by atoms with E-state index in [1.54, 1.807) is 0 Å². The molecule has 0 radical (unpaired) electrons. The highest BCUT2D eigenvalue weighted by atomic mass is 35.5. The van der Waals surface area contributed by atoms with Crippen LogP contribution < -0.4 is 9.64 Å². The Labute approximate surface area is 125 Å². The molecule has 7 heteroatoms. The van der Waals surface area contributed by atoms with Gasteiger partial charge in [0.2, 0.25) is 11.2 Å². The fourth-order valence-corrected chi connectivity index (χ4v) is 2.57. The summed E-state index contributed by atoms with van der Waals surface area (Å²) in [6.07, 6.45) is 3.20. The molecule has 0 aliphatic carbocycles. The first-order chi connectivity index (χ1) is 9.60. The first-order valence-corrected chi connectivity index (χ1v) is 7.43. The lowest BCUT2D eigenvalue weighted by Gasteiger charge is -2.27. The monoisotopic (exact) mass is 299 g/mol. The lowest BCUT2D eigenvalue weighted by molar-refractivity contribution is 0.291. The van der Waals surface area contributed by atoms with Crippen molar-refractivity contribution in [2.75, 3.05) is 38.7 Å². The summed E-state index contributed by atoms with van der Waals surface area (Å²) in [6, 6.07) is 0.736. The van der Waals surface area contributed by atoms with E-state index in [0.29, 0.717) is 24.6 Å². The van der Waals surface area contributed by atoms with Crippen molar-refractivity contribution < 1.29 is 4.74 Å². The molecule has 0 saturated carbocycles. The molecule has 0 amide bonds. The van der Waals surface area contributed by atoms with Gasteiger partial charge in [0.05, 0.1) is 6.61 Å². The molecule has 1 saturated heterocycles. The van der Waals surface area contributed by atoms with E-state index < -0.39 is 0 Å². The second-order valence-corrected chi connectivity index (χ2v) is 5.63. The fraction of sp³-hybridized carbons (Fsp3) is 0.769. The normalized spacial score (nSPS) is 18.9. The maximum absolute atomic E-state index is 5.98. The fourth-order valence-electron chi connectivity index (χ4n) is 2.42. The highest BCUT2D eigenvalue weighted by molar-refractivity contribution is 6.28. The summed E-state index contributed by atoms with van der Waals surface area (Å²) in [5, 5.41) is 0.191. The summed E-state index contributed by atoms with van der Waals surface area (Å²) in [5.74, 6) is 0.625. The van der Waals surface area contributed by atoms with Crippen LogP contribution in [-0.4, -0.2) is 59.7 Å². The zero-order valence-corrected chi connectivity index (χ0v) is 13.1. The molecule has 112 valence electrons. The van der Waals surface area contributed by atoms with Crippen molar-refractivity contribution in [1.29, 1.82) is 0 Å². The van der Waals surface area contributed by atoms with Gasteiger partial charge < -0.3 is 14.5 Å². The summed E-state index contributed by atoms with van der Waals surface area (Å²) in [7, 11) is 4.15. The Kier molecular flexibility index (Phi) is 5.37. The highest BCUT2D eigenvalue weighted by Crippen LogP contribution is 2.24. The smallest absolute Gasteiger partial charge is 0.322 e. The van der Waals surface area contributed by atoms with Gasteiger partial charge >= 0.3 is 6.01 Å². The molecule has 20 heavy (non-hydrogen) atoms. The average molecular weight is 300 g/mol. The maximum atomic E-state index is 5.98. The van der Waals surface area contributed by atoms with Gasteiger partial charge in [-0.3, -0.25) is 0 Å². The van der Waals surface area contributed by atoms with Crippen molar-refractivity contribution in [1.82, 2.24) is 19.9 Å². The molecule has 0 spiro atoms. The number of anilines is 1. The van der Waals surface area contributed by atoms with Crippen LogP contribution in [0.4, 0.5) is 5.95 Å². The van der Waals surface area contributed by atoms with Gasteiger partial charge in [0.1, 0.15) is 0 Å². The number of likely N-dealkylation sites (N-methyl/N-ethyl adjacent to an activating group) is 1. The Morgan fingerprint density at radius 1 is 1.35 bits per heavy atom. The Bertz CT molecular complexity index is 443. The van der Waals surface area contributed by atoms with Crippen LogP contribution >= 0.6 is 11.6 Å². The second-order valence-electron chi connectivity index (χ2n) is 5.29. The van der Waals surface area contributed by atoms with Crippen LogP contribution in [0.1, 0.15) is 26.2 Å². The first-order valence-electron chi connectivity index (χ1n) is 7.06. The van der Waals surface area contributed by atoms with Crippen molar-refractivity contribution in [2.24, 2.45) is 0 Å². The van der Waals surface area contributed by atoms with E-state index in [0.717, 1.165) is 32.4 Å². The number of rotatable bonds is 6. The molecule has 1 aliphatic heterocycles. The molecule has 2 rings (SSSR count). The third-order valence-corrected chi connectivity index (χ3v) is 3.39. The summed E-state index contributed by atoms with van der Waals surface area (Å²) in [6.45, 7) is 4.55. The van der Waals surface area contributed by atoms with Crippen molar-refractivity contribution in [3.8, 4) is 6.01 Å². The highest BCUT2D eigenvalue weighted by Gasteiger charge is 2.28. The van der Waals surface area contributed by atoms with Crippen LogP contribution in [-0.2, 0) is 0 Å². The van der Waals surface area contributed by atoms with Crippen LogP contribution in [0.5, 0.6) is 6.01 Å². The lowest BCUT2D eigenvalue weighted by Crippen LogP contribution is -2.38. The van der Waals surface area contributed by atoms with Crippen LogP contribution in [0.2, 0.25) is 5.28 Å². The summed E-state index contributed by atoms with van der Waals surface area (Å²) in [5.41, 5.74) is 0. The summed E-state index contributed by atoms with van der Waals surface area (Å²) >= 11 is 5.98. The summed E-state index contributed by atoms with van der Waals surface area (Å²) in [4.78, 5) is 17.0. The van der Waals surface area contributed by atoms with Gasteiger partial charge in [-0.05, 0) is 45.0 Å². The molecule has 1 aromatic rings. The molecule has 1 fully saturated rings. The van der Waals surface area contributed by atoms with Gasteiger partial charge in [0.15, 0.2) is 0 Å². The van der Waals surface area contributed by atoms with E-state index in [-0.39, 0.29) is 5.28 Å². The topological polar surface area (TPSA) is 54.4 Å². The van der Waals surface area contributed by atoms with Crippen molar-refractivity contribution in [3.63, 3.8) is 0 Å². The van der Waals surface area contributed by atoms with E-state index in [9.17, 15) is 0 Å². The van der Waals surface area contributed by atoms with Gasteiger partial charge in [-0.2, -0.15) is 15.0 Å². The van der Waals surface area contributed by atoms with E-state index in [2.05, 4.69) is 38.8 Å². The molecule has 2 heterocycles. The number of hydrogen-bond donors (Lipinski definition) is 0. The minimum Gasteiger partial charge on any atom is -0.463 e. The lowest BCUT2D eigenvalue weighted by atomic mass is 10.2. The molecule has 1 aromatic heterocycles. The molecule has 6 nitrogen and oxygen atoms in total. The molecule has 0 aromatic carbocycles. The molecular weight excluding hydrogens is 278 g/mol. The average Bonchev–Trinajstić information content (AvgIpc) is 2.83. The van der Waals surface area contributed by atoms with Crippen LogP contribution in [0.15, 0.2) is 0 Å². The summed E-state index contributed by atoms with van der Waals surface area (Å²) < 4.78 is 5.47. The number of aromatic nitrogens is 3. The minimum absolute atomic E-state index is 0.191. The standard InChI is InChI=1S/C13H22ClN5O/c1-4-8-20-13-16-11(14)15-12(17-13)19-7-5-6-10(19)9-18(2)3/h10H,4-9H2,1-3H3. The van der Waals surface area contributed by atoms with E-state index in [1.165, 1.54) is 0 Å². The van der Waals surface area contributed by atoms with E-state index in [4.69, 9.17) is 16.3 Å². The predicted octanol–water partition coefficient (Wildman–Crippen LogP) is 1.84. The third kappa shape index (κ3) is 3.93. The second kappa shape index (κ2) is 7.04. The Morgan fingerprint density at radius 2 is 2.15 bits per heavy atom. The molecule has 1 aliphatic rings. The van der Waals surface area contributed by atoms with E-state index in [1.807, 2.05) is 6.92 Å². The quantitative estimate of drug-likeness (QED) is 0.799. The number of hydrogen-bond acceptors (Lipinski definition) is 6. The Morgan fingerprint density at radius 3 is 2.85 bits per heavy atom. The molecule has 1 atom stereocenters. The van der Waals surface area contributed by atoms with Crippen LogP contribution in [0, 0.1) is 0 Å². The maximum Gasteiger partial charge on any atom is 0.322 e. The van der Waals surface area contributed by atoms with Crippen molar-refractivity contribution >= 4 is 17.5 Å². The van der Waals surface area contributed by atoms with Crippen molar-refractivity contribution in [2.45, 2.75) is 32.2 Å². The van der Waals surface area contributed by atoms with E-state index >= 15 is 0 Å². The zero-order chi connectivity index (χ0) is 14.5. The number of ether oxygens (including phenoxy) is 1. The van der Waals surface area contributed by atoms with Crippen LogP contribution in [0.25, 0.3) is 0 Å². The number of nitrogens with zero attached hydrogens (tertiary/aromatic N) is 5. The van der Waals surface area contributed by atoms with Gasteiger partial charge in [-0.25, -0.2) is 0 Å². The third-order valence-electron chi connectivity index (χ3n) is 3.22. The van der Waals surface area contributed by atoms with Gasteiger partial charge in [-0.15, -0.1) is 0 Å². The van der Waals surface area contributed by atoms with Gasteiger partial charge in [0, 0.05) is 19.1 Å². The molecule has 0 N–H and O–H groups in total. The van der Waals surface area contributed by atoms with Gasteiger partial charge in [0.25, 0.3) is 0 Å². The first kappa shape index (κ1) is 15.3. The minimum atomic E-state index is 0.191. The molecule has 0 bridgehead atoms. The predicted molar refractivity (Wildman–Crippen MR) is 79.5 cm³/mol. The Hall–Kier alpha value is -1.14. The van der Waals surface area contributed by atoms with Crippen molar-refractivity contribution in [3.05, 3.63) is 5.28 Å². The SMILES string of the molecule is CCCOc1nc(Cl)nc(N2CCCC2CN(C)C)n1. The Balaban J connectivity index is 2.15. The van der Waals surface area contributed by atoms with Gasteiger partial charge in [-0.1, -0.05) is 6.92 Å². The molecule has 1 unspecified atom stereocenters.